The van der Waals surface area contributed by atoms with Crippen LogP contribution in [0.2, 0.25) is 4.34 Å². The van der Waals surface area contributed by atoms with Crippen LogP contribution in [0.4, 0.5) is 5.69 Å². The molecule has 1 heterocycles. The molecule has 0 saturated heterocycles. The van der Waals surface area contributed by atoms with E-state index >= 15 is 0 Å². The van der Waals surface area contributed by atoms with Gasteiger partial charge in [0.05, 0.1) is 17.4 Å². The van der Waals surface area contributed by atoms with Gasteiger partial charge in [-0.05, 0) is 42.8 Å². The Balaban J connectivity index is 1.60. The molecule has 0 radical (unpaired) electrons. The highest BCUT2D eigenvalue weighted by Crippen LogP contribution is 2.21. The van der Waals surface area contributed by atoms with E-state index in [1.807, 2.05) is 12.1 Å². The molecule has 0 fully saturated rings. The second-order valence-electron chi connectivity index (χ2n) is 4.47. The first-order valence-electron chi connectivity index (χ1n) is 6.63. The fourth-order valence-electron chi connectivity index (χ4n) is 1.73. The van der Waals surface area contributed by atoms with Gasteiger partial charge in [-0.3, -0.25) is 4.79 Å². The van der Waals surface area contributed by atoms with Crippen LogP contribution in [0.25, 0.3) is 0 Å². The van der Waals surface area contributed by atoms with E-state index in [2.05, 4.69) is 5.32 Å². The average Bonchev–Trinajstić information content (AvgIpc) is 2.87. The van der Waals surface area contributed by atoms with Crippen LogP contribution in [-0.2, 0) is 11.2 Å². The normalized spacial score (nSPS) is 10.3. The smallest absolute Gasteiger partial charge is 0.223 e. The van der Waals surface area contributed by atoms with Crippen LogP contribution >= 0.6 is 22.9 Å². The molecular formula is C15H17ClN2O2S. The number of nitrogens with one attached hydrogen (secondary N) is 1. The molecule has 2 rings (SSSR count). The van der Waals surface area contributed by atoms with Crippen LogP contribution in [-0.4, -0.2) is 19.1 Å². The maximum Gasteiger partial charge on any atom is 0.223 e. The first kappa shape index (κ1) is 15.7. The number of ether oxygens (including phenoxy) is 1. The minimum absolute atomic E-state index is 0.0203. The van der Waals surface area contributed by atoms with Crippen molar-refractivity contribution in [1.82, 2.24) is 5.32 Å². The van der Waals surface area contributed by atoms with Crippen molar-refractivity contribution in [2.75, 3.05) is 18.9 Å². The van der Waals surface area contributed by atoms with Crippen LogP contribution in [0, 0.1) is 0 Å². The van der Waals surface area contributed by atoms with E-state index in [0.717, 1.165) is 10.8 Å². The van der Waals surface area contributed by atoms with Gasteiger partial charge in [0.1, 0.15) is 5.75 Å². The van der Waals surface area contributed by atoms with Crippen LogP contribution < -0.4 is 15.8 Å². The van der Waals surface area contributed by atoms with Gasteiger partial charge in [0.25, 0.3) is 0 Å². The number of hydrogen-bond donors (Lipinski definition) is 2. The second kappa shape index (κ2) is 7.90. The van der Waals surface area contributed by atoms with Crippen molar-refractivity contribution in [2.45, 2.75) is 12.8 Å². The Hall–Kier alpha value is -1.72. The summed E-state index contributed by atoms with van der Waals surface area (Å²) < 4.78 is 6.24. The highest BCUT2D eigenvalue weighted by molar-refractivity contribution is 7.16. The molecule has 0 atom stereocenters. The molecule has 0 aliphatic heterocycles. The van der Waals surface area contributed by atoms with Crippen LogP contribution in [0.1, 0.15) is 11.3 Å². The summed E-state index contributed by atoms with van der Waals surface area (Å²) in [6, 6.07) is 10.9. The number of nitrogens with two attached hydrogens (primary N) is 1. The van der Waals surface area contributed by atoms with E-state index in [4.69, 9.17) is 22.1 Å². The lowest BCUT2D eigenvalue weighted by atomic mass is 10.3. The SMILES string of the molecule is Nc1ccc(OCCC(=O)NCCc2ccc(Cl)s2)cc1. The Kier molecular flexibility index (Phi) is 5.90. The lowest BCUT2D eigenvalue weighted by Gasteiger charge is -2.07. The van der Waals surface area contributed by atoms with Gasteiger partial charge < -0.3 is 15.8 Å². The molecule has 6 heteroatoms. The number of rotatable bonds is 7. The summed E-state index contributed by atoms with van der Waals surface area (Å²) in [6.45, 7) is 0.956. The fraction of sp³-hybridized carbons (Fsp3) is 0.267. The van der Waals surface area contributed by atoms with Crippen molar-refractivity contribution in [2.24, 2.45) is 0 Å². The zero-order valence-corrected chi connectivity index (χ0v) is 13.0. The van der Waals surface area contributed by atoms with E-state index in [1.54, 1.807) is 24.3 Å². The van der Waals surface area contributed by atoms with Gasteiger partial charge in [-0.25, -0.2) is 0 Å². The number of thiophene rings is 1. The van der Waals surface area contributed by atoms with E-state index in [1.165, 1.54) is 16.2 Å². The third-order valence-corrected chi connectivity index (χ3v) is 4.09. The highest BCUT2D eigenvalue weighted by Gasteiger charge is 2.03. The van der Waals surface area contributed by atoms with Crippen molar-refractivity contribution >= 4 is 34.5 Å². The Morgan fingerprint density at radius 2 is 2.00 bits per heavy atom. The first-order valence-corrected chi connectivity index (χ1v) is 7.82. The van der Waals surface area contributed by atoms with E-state index in [0.29, 0.717) is 31.0 Å². The van der Waals surface area contributed by atoms with Gasteiger partial charge in [-0.1, -0.05) is 11.6 Å². The maximum atomic E-state index is 11.6. The maximum absolute atomic E-state index is 11.6. The van der Waals surface area contributed by atoms with Crippen molar-refractivity contribution in [1.29, 1.82) is 0 Å². The lowest BCUT2D eigenvalue weighted by molar-refractivity contribution is -0.121. The summed E-state index contributed by atoms with van der Waals surface area (Å²) in [4.78, 5) is 12.8. The molecule has 0 saturated carbocycles. The Morgan fingerprint density at radius 3 is 2.67 bits per heavy atom. The molecule has 0 spiro atoms. The van der Waals surface area contributed by atoms with Gasteiger partial charge in [-0.2, -0.15) is 0 Å². The largest absolute Gasteiger partial charge is 0.493 e. The van der Waals surface area contributed by atoms with Gasteiger partial charge in [-0.15, -0.1) is 11.3 Å². The standard InChI is InChI=1S/C15H17ClN2O2S/c16-14-6-5-13(21-14)7-9-18-15(19)8-10-20-12-3-1-11(17)2-4-12/h1-6H,7-10,17H2,(H,18,19). The van der Waals surface area contributed by atoms with E-state index < -0.39 is 0 Å². The number of anilines is 1. The summed E-state index contributed by atoms with van der Waals surface area (Å²) in [5.41, 5.74) is 6.27. The summed E-state index contributed by atoms with van der Waals surface area (Å²) >= 11 is 7.38. The molecule has 1 aromatic heterocycles. The number of carbonyl (C=O) groups excluding carboxylic acids is 1. The molecule has 2 aromatic rings. The van der Waals surface area contributed by atoms with Crippen molar-refractivity contribution in [3.05, 3.63) is 45.6 Å². The predicted octanol–water partition coefficient (Wildman–Crippen LogP) is 3.11. The summed E-state index contributed by atoms with van der Waals surface area (Å²) in [5.74, 6) is 0.693. The number of carbonyl (C=O) groups is 1. The summed E-state index contributed by atoms with van der Waals surface area (Å²) in [7, 11) is 0. The minimum atomic E-state index is -0.0203. The van der Waals surface area contributed by atoms with Crippen molar-refractivity contribution in [3.63, 3.8) is 0 Å². The summed E-state index contributed by atoms with van der Waals surface area (Å²) in [6.07, 6.45) is 1.12. The van der Waals surface area contributed by atoms with E-state index in [9.17, 15) is 4.79 Å². The lowest BCUT2D eigenvalue weighted by Crippen LogP contribution is -2.26. The molecule has 0 unspecified atom stereocenters. The van der Waals surface area contributed by atoms with Crippen LogP contribution in [0.15, 0.2) is 36.4 Å². The second-order valence-corrected chi connectivity index (χ2v) is 6.27. The molecule has 0 aliphatic carbocycles. The third kappa shape index (κ3) is 5.65. The van der Waals surface area contributed by atoms with Gasteiger partial charge in [0.2, 0.25) is 5.91 Å². The Labute approximate surface area is 132 Å². The zero-order chi connectivity index (χ0) is 15.1. The van der Waals surface area contributed by atoms with Crippen molar-refractivity contribution in [3.8, 4) is 5.75 Å². The molecule has 112 valence electrons. The van der Waals surface area contributed by atoms with Crippen LogP contribution in [0.5, 0.6) is 5.75 Å². The Morgan fingerprint density at radius 1 is 1.24 bits per heavy atom. The van der Waals surface area contributed by atoms with Crippen molar-refractivity contribution < 1.29 is 9.53 Å². The first-order chi connectivity index (χ1) is 10.1. The Bertz CT molecular complexity index is 584. The predicted molar refractivity (Wildman–Crippen MR) is 87.0 cm³/mol. The summed E-state index contributed by atoms with van der Waals surface area (Å²) in [5, 5.41) is 2.86. The van der Waals surface area contributed by atoms with E-state index in [-0.39, 0.29) is 5.91 Å². The minimum Gasteiger partial charge on any atom is -0.493 e. The molecule has 21 heavy (non-hydrogen) atoms. The molecule has 4 nitrogen and oxygen atoms in total. The molecule has 3 N–H and O–H groups in total. The molecule has 0 bridgehead atoms. The van der Waals surface area contributed by atoms with Gasteiger partial charge in [0.15, 0.2) is 0 Å². The number of benzene rings is 1. The number of nitrogen functional groups attached to an aromatic ring is 1. The van der Waals surface area contributed by atoms with Gasteiger partial charge in [0, 0.05) is 17.1 Å². The number of hydrogen-bond acceptors (Lipinski definition) is 4. The fourth-order valence-corrected chi connectivity index (χ4v) is 2.81. The number of halogens is 1. The molecule has 0 aliphatic rings. The third-order valence-electron chi connectivity index (χ3n) is 2.80. The average molecular weight is 325 g/mol. The molecule has 1 amide bonds. The highest BCUT2D eigenvalue weighted by atomic mass is 35.5. The monoisotopic (exact) mass is 324 g/mol. The number of amides is 1. The molecule has 1 aromatic carbocycles. The van der Waals surface area contributed by atoms with Gasteiger partial charge >= 0.3 is 0 Å². The quantitative estimate of drug-likeness (QED) is 0.769. The topological polar surface area (TPSA) is 64.3 Å². The zero-order valence-electron chi connectivity index (χ0n) is 11.5. The van der Waals surface area contributed by atoms with Crippen LogP contribution in [0.3, 0.4) is 0 Å². The molecular weight excluding hydrogens is 308 g/mol.